The van der Waals surface area contributed by atoms with E-state index in [2.05, 4.69) is 20.2 Å². The topological polar surface area (TPSA) is 105 Å². The number of aryl methyl sites for hydroxylation is 1. The average Bonchev–Trinajstić information content (AvgIpc) is 3.08. The van der Waals surface area contributed by atoms with E-state index in [1.807, 2.05) is 25.1 Å². The molecule has 0 atom stereocenters. The number of aromatic nitrogens is 2. The van der Waals surface area contributed by atoms with Gasteiger partial charge in [0.1, 0.15) is 4.90 Å². The van der Waals surface area contributed by atoms with Crippen molar-refractivity contribution in [3.05, 3.63) is 60.0 Å². The Labute approximate surface area is 199 Å². The van der Waals surface area contributed by atoms with Crippen LogP contribution in [0, 0.1) is 6.92 Å². The van der Waals surface area contributed by atoms with Crippen molar-refractivity contribution in [3.63, 3.8) is 0 Å². The zero-order valence-corrected chi connectivity index (χ0v) is 20.2. The van der Waals surface area contributed by atoms with Crippen LogP contribution in [0.15, 0.2) is 53.8 Å². The summed E-state index contributed by atoms with van der Waals surface area (Å²) in [5.74, 6) is -0.343. The van der Waals surface area contributed by atoms with Crippen molar-refractivity contribution in [2.24, 2.45) is 0 Å². The molecule has 0 radical (unpaired) electrons. The number of pyridine rings is 2. The third kappa shape index (κ3) is 5.41. The number of carbonyl (C=O) groups excluding carboxylic acids is 1. The first-order valence-electron chi connectivity index (χ1n) is 11.2. The maximum atomic E-state index is 13.3. The number of amides is 1. The van der Waals surface area contributed by atoms with Gasteiger partial charge in [0.2, 0.25) is 10.0 Å². The quantitative estimate of drug-likeness (QED) is 0.551. The minimum Gasteiger partial charge on any atom is -0.383 e. The van der Waals surface area contributed by atoms with Crippen LogP contribution in [0.5, 0.6) is 0 Å². The molecule has 0 spiro atoms. The Kier molecular flexibility index (Phi) is 7.52. The van der Waals surface area contributed by atoms with E-state index in [9.17, 15) is 13.2 Å². The molecule has 1 amide bonds. The van der Waals surface area contributed by atoms with Gasteiger partial charge in [-0.05, 0) is 49.7 Å². The third-order valence-electron chi connectivity index (χ3n) is 5.96. The fourth-order valence-corrected chi connectivity index (χ4v) is 5.55. The van der Waals surface area contributed by atoms with Crippen LogP contribution in [0.1, 0.15) is 22.3 Å². The largest absolute Gasteiger partial charge is 0.383 e. The van der Waals surface area contributed by atoms with E-state index in [4.69, 9.17) is 4.74 Å². The number of hydrogen-bond donors (Lipinski definition) is 1. The van der Waals surface area contributed by atoms with E-state index in [1.54, 1.807) is 19.4 Å². The molecule has 1 aliphatic rings. The molecule has 0 unspecified atom stereocenters. The smallest absolute Gasteiger partial charge is 0.256 e. The van der Waals surface area contributed by atoms with Gasteiger partial charge in [-0.15, -0.1) is 0 Å². The molecule has 2 aromatic heterocycles. The number of hydrogen-bond acceptors (Lipinski definition) is 7. The summed E-state index contributed by atoms with van der Waals surface area (Å²) in [6.07, 6.45) is 5.18. The van der Waals surface area contributed by atoms with Crippen molar-refractivity contribution in [3.8, 4) is 0 Å². The monoisotopic (exact) mass is 483 g/mol. The summed E-state index contributed by atoms with van der Waals surface area (Å²) >= 11 is 0. The summed E-state index contributed by atoms with van der Waals surface area (Å²) < 4.78 is 33.2. The lowest BCUT2D eigenvalue weighted by Crippen LogP contribution is -2.36. The highest BCUT2D eigenvalue weighted by molar-refractivity contribution is 7.89. The van der Waals surface area contributed by atoms with Crippen LogP contribution in [0.25, 0.3) is 10.9 Å². The van der Waals surface area contributed by atoms with Gasteiger partial charge >= 0.3 is 0 Å². The van der Waals surface area contributed by atoms with Crippen LogP contribution in [-0.4, -0.2) is 79.9 Å². The highest BCUT2D eigenvalue weighted by Gasteiger charge is 2.27. The second kappa shape index (κ2) is 10.6. The predicted molar refractivity (Wildman–Crippen MR) is 130 cm³/mol. The van der Waals surface area contributed by atoms with Gasteiger partial charge in [0.25, 0.3) is 5.91 Å². The van der Waals surface area contributed by atoms with Gasteiger partial charge in [0, 0.05) is 56.6 Å². The van der Waals surface area contributed by atoms with Gasteiger partial charge in [0.15, 0.2) is 0 Å². The van der Waals surface area contributed by atoms with E-state index in [-0.39, 0.29) is 10.8 Å². The molecule has 3 aromatic rings. The molecule has 180 valence electrons. The van der Waals surface area contributed by atoms with Crippen molar-refractivity contribution >= 4 is 32.5 Å². The Morgan fingerprint density at radius 2 is 2.00 bits per heavy atom. The van der Waals surface area contributed by atoms with Crippen LogP contribution < -0.4 is 5.32 Å². The summed E-state index contributed by atoms with van der Waals surface area (Å²) in [6.45, 7) is 5.54. The number of ether oxygens (including phenoxy) is 1. The molecule has 1 aromatic carbocycles. The van der Waals surface area contributed by atoms with E-state index in [0.717, 1.165) is 30.5 Å². The van der Waals surface area contributed by atoms with Crippen LogP contribution in [0.3, 0.4) is 0 Å². The molecule has 0 saturated carbocycles. The Hall–Kier alpha value is -2.92. The predicted octanol–water partition coefficient (Wildman–Crippen LogP) is 2.53. The number of carbonyl (C=O) groups is 1. The van der Waals surface area contributed by atoms with Crippen molar-refractivity contribution in [1.29, 1.82) is 0 Å². The Bertz CT molecular complexity index is 1280. The second-order valence-corrected chi connectivity index (χ2v) is 10.3. The van der Waals surface area contributed by atoms with E-state index in [1.165, 1.54) is 22.8 Å². The molecule has 1 aliphatic heterocycles. The summed E-state index contributed by atoms with van der Waals surface area (Å²) in [5.41, 5.74) is 2.32. The maximum Gasteiger partial charge on any atom is 0.256 e. The van der Waals surface area contributed by atoms with Crippen LogP contribution in [0.4, 0.5) is 5.69 Å². The third-order valence-corrected chi connectivity index (χ3v) is 7.83. The zero-order valence-electron chi connectivity index (χ0n) is 19.4. The SMILES string of the molecule is COCCN1CCCN(S(=O)(=O)c2cncc(NC(=O)c3cc4ncccc4cc3C)c2)CC1. The van der Waals surface area contributed by atoms with Crippen molar-refractivity contribution in [2.45, 2.75) is 18.2 Å². The van der Waals surface area contributed by atoms with E-state index < -0.39 is 10.0 Å². The molecule has 1 saturated heterocycles. The highest BCUT2D eigenvalue weighted by atomic mass is 32.2. The Morgan fingerprint density at radius 3 is 2.82 bits per heavy atom. The number of nitrogens with one attached hydrogen (secondary N) is 1. The Balaban J connectivity index is 1.50. The van der Waals surface area contributed by atoms with Crippen LogP contribution >= 0.6 is 0 Å². The summed E-state index contributed by atoms with van der Waals surface area (Å²) in [7, 11) is -2.08. The van der Waals surface area contributed by atoms with Gasteiger partial charge in [-0.3, -0.25) is 19.7 Å². The molecular weight excluding hydrogens is 454 g/mol. The van der Waals surface area contributed by atoms with Gasteiger partial charge in [0.05, 0.1) is 24.0 Å². The number of fused-ring (bicyclic) bond motifs is 1. The standard InChI is InChI=1S/C24H29N5O4S/c1-18-13-19-5-3-6-26-23(19)15-22(18)24(30)27-20-14-21(17-25-16-20)34(31,32)29-8-4-7-28(9-10-29)11-12-33-2/h3,5-6,13-17H,4,7-12H2,1-2H3,(H,27,30). The molecule has 34 heavy (non-hydrogen) atoms. The second-order valence-electron chi connectivity index (χ2n) is 8.32. The van der Waals surface area contributed by atoms with E-state index in [0.29, 0.717) is 43.0 Å². The lowest BCUT2D eigenvalue weighted by molar-refractivity contribution is 0.102. The van der Waals surface area contributed by atoms with Gasteiger partial charge < -0.3 is 10.1 Å². The van der Waals surface area contributed by atoms with Gasteiger partial charge in [-0.25, -0.2) is 8.42 Å². The lowest BCUT2D eigenvalue weighted by Gasteiger charge is -2.21. The van der Waals surface area contributed by atoms with Crippen LogP contribution in [-0.2, 0) is 14.8 Å². The number of sulfonamides is 1. The zero-order chi connectivity index (χ0) is 24.1. The first-order valence-corrected chi connectivity index (χ1v) is 12.7. The van der Waals surface area contributed by atoms with Crippen molar-refractivity contribution in [1.82, 2.24) is 19.2 Å². The van der Waals surface area contributed by atoms with Crippen molar-refractivity contribution in [2.75, 3.05) is 51.8 Å². The number of nitrogens with zero attached hydrogens (tertiary/aromatic N) is 4. The lowest BCUT2D eigenvalue weighted by atomic mass is 10.0. The number of rotatable bonds is 7. The molecule has 1 fully saturated rings. The number of benzene rings is 1. The van der Waals surface area contributed by atoms with E-state index >= 15 is 0 Å². The normalized spacial score (nSPS) is 15.8. The first kappa shape index (κ1) is 24.2. The summed E-state index contributed by atoms with van der Waals surface area (Å²) in [6, 6.07) is 8.89. The summed E-state index contributed by atoms with van der Waals surface area (Å²) in [5, 5.41) is 3.74. The van der Waals surface area contributed by atoms with Gasteiger partial charge in [-0.1, -0.05) is 6.07 Å². The fourth-order valence-electron chi connectivity index (χ4n) is 4.09. The Morgan fingerprint density at radius 1 is 1.15 bits per heavy atom. The summed E-state index contributed by atoms with van der Waals surface area (Å²) in [4.78, 5) is 23.6. The molecule has 0 bridgehead atoms. The minimum atomic E-state index is -3.74. The number of methoxy groups -OCH3 is 1. The average molecular weight is 484 g/mol. The molecule has 0 aliphatic carbocycles. The maximum absolute atomic E-state index is 13.3. The van der Waals surface area contributed by atoms with Crippen LogP contribution in [0.2, 0.25) is 0 Å². The van der Waals surface area contributed by atoms with Gasteiger partial charge in [-0.2, -0.15) is 4.31 Å². The molecular formula is C24H29N5O4S. The molecule has 10 heteroatoms. The fraction of sp³-hybridized carbons (Fsp3) is 0.375. The number of anilines is 1. The first-order chi connectivity index (χ1) is 16.4. The molecule has 9 nitrogen and oxygen atoms in total. The molecule has 3 heterocycles. The molecule has 4 rings (SSSR count). The molecule has 1 N–H and O–H groups in total. The highest BCUT2D eigenvalue weighted by Crippen LogP contribution is 2.22. The van der Waals surface area contributed by atoms with Crippen molar-refractivity contribution < 1.29 is 17.9 Å². The minimum absolute atomic E-state index is 0.0625.